The molecule has 6 heteroatoms. The minimum atomic E-state index is -0.544. The van der Waals surface area contributed by atoms with Crippen LogP contribution in [0.15, 0.2) is 72.8 Å². The second-order valence-corrected chi connectivity index (χ2v) is 8.07. The van der Waals surface area contributed by atoms with E-state index in [1.807, 2.05) is 30.9 Å². The average molecular weight is 442 g/mol. The molecule has 0 spiro atoms. The summed E-state index contributed by atoms with van der Waals surface area (Å²) in [4.78, 5) is 1.91. The number of nitrogens with zero attached hydrogens (tertiary/aromatic N) is 1. The molecule has 0 aliphatic carbocycles. The fraction of sp³-hybridized carbons (Fsp3) is 0.308. The number of aliphatic hydroxyl groups is 2. The molecule has 1 fully saturated rings. The fourth-order valence-electron chi connectivity index (χ4n) is 3.84. The van der Waals surface area contributed by atoms with Gasteiger partial charge in [0.05, 0.1) is 6.10 Å². The largest absolute Gasteiger partial charge is 0.508 e. The normalized spacial score (nSPS) is 20.7. The fourth-order valence-corrected chi connectivity index (χ4v) is 3.84. The number of halogens is 2. The second kappa shape index (κ2) is 10.6. The van der Waals surface area contributed by atoms with E-state index in [0.29, 0.717) is 6.42 Å². The maximum absolute atomic E-state index is 13.0. The molecule has 3 aromatic rings. The molecule has 4 rings (SSSR count). The number of hydrogen-bond donors (Lipinski definition) is 3. The number of hydrogen-bond acceptors (Lipinski definition) is 4. The van der Waals surface area contributed by atoms with Crippen molar-refractivity contribution in [2.45, 2.75) is 45.1 Å². The van der Waals surface area contributed by atoms with Crippen molar-refractivity contribution in [1.29, 1.82) is 0 Å². The van der Waals surface area contributed by atoms with Crippen molar-refractivity contribution >= 4 is 5.69 Å². The smallest absolute Gasteiger partial charge is 0.131 e. The van der Waals surface area contributed by atoms with Crippen LogP contribution in [0.4, 0.5) is 14.5 Å². The van der Waals surface area contributed by atoms with Crippen LogP contribution in [0.1, 0.15) is 37.5 Å². The molecule has 170 valence electrons. The van der Waals surface area contributed by atoms with Gasteiger partial charge in [-0.1, -0.05) is 38.1 Å². The van der Waals surface area contributed by atoms with E-state index in [9.17, 15) is 24.1 Å². The zero-order chi connectivity index (χ0) is 23.3. The van der Waals surface area contributed by atoms with Gasteiger partial charge in [-0.05, 0) is 72.5 Å². The van der Waals surface area contributed by atoms with Crippen molar-refractivity contribution in [2.24, 2.45) is 5.92 Å². The van der Waals surface area contributed by atoms with Crippen LogP contribution in [0.2, 0.25) is 0 Å². The highest BCUT2D eigenvalue weighted by atomic mass is 19.1. The molecule has 0 amide bonds. The number of benzene rings is 3. The van der Waals surface area contributed by atoms with E-state index in [0.717, 1.165) is 23.2 Å². The van der Waals surface area contributed by atoms with E-state index >= 15 is 0 Å². The summed E-state index contributed by atoms with van der Waals surface area (Å²) in [5.41, 5.74) is 2.70. The predicted octanol–water partition coefficient (Wildman–Crippen LogP) is 5.19. The van der Waals surface area contributed by atoms with Gasteiger partial charge >= 0.3 is 0 Å². The van der Waals surface area contributed by atoms with Gasteiger partial charge in [0, 0.05) is 17.6 Å². The van der Waals surface area contributed by atoms with Gasteiger partial charge < -0.3 is 20.2 Å². The van der Waals surface area contributed by atoms with E-state index in [2.05, 4.69) is 0 Å². The molecule has 1 saturated heterocycles. The first kappa shape index (κ1) is 23.7. The molecule has 1 aliphatic heterocycles. The first-order valence-electron chi connectivity index (χ1n) is 10.7. The second-order valence-electron chi connectivity index (χ2n) is 8.07. The van der Waals surface area contributed by atoms with Crippen molar-refractivity contribution in [3.8, 4) is 5.75 Å². The third kappa shape index (κ3) is 5.64. The Balaban J connectivity index is 0.000000222. The van der Waals surface area contributed by atoms with Crippen molar-refractivity contribution in [3.63, 3.8) is 0 Å². The molecule has 0 bridgehead atoms. The Morgan fingerprint density at radius 1 is 0.875 bits per heavy atom. The van der Waals surface area contributed by atoms with E-state index in [4.69, 9.17) is 0 Å². The highest BCUT2D eigenvalue weighted by Crippen LogP contribution is 2.37. The molecule has 1 heterocycles. The van der Waals surface area contributed by atoms with Gasteiger partial charge in [0.1, 0.15) is 23.6 Å². The topological polar surface area (TPSA) is 63.9 Å². The first-order chi connectivity index (χ1) is 15.3. The van der Waals surface area contributed by atoms with Gasteiger partial charge in [-0.2, -0.15) is 0 Å². The lowest BCUT2D eigenvalue weighted by Crippen LogP contribution is -2.64. The third-order valence-corrected chi connectivity index (χ3v) is 5.87. The molecule has 0 radical (unpaired) electrons. The molecule has 4 nitrogen and oxygen atoms in total. The summed E-state index contributed by atoms with van der Waals surface area (Å²) in [5, 5.41) is 28.8. The van der Waals surface area contributed by atoms with Crippen molar-refractivity contribution < 1.29 is 24.1 Å². The predicted molar refractivity (Wildman–Crippen MR) is 121 cm³/mol. The van der Waals surface area contributed by atoms with Crippen molar-refractivity contribution in [3.05, 3.63) is 95.6 Å². The number of phenolic OH excluding ortho intramolecular Hbond substituents is 1. The molecule has 4 atom stereocenters. The highest BCUT2D eigenvalue weighted by Gasteiger charge is 2.44. The molecular weight excluding hydrogens is 412 g/mol. The van der Waals surface area contributed by atoms with Crippen LogP contribution >= 0.6 is 0 Å². The lowest BCUT2D eigenvalue weighted by molar-refractivity contribution is 0.0168. The van der Waals surface area contributed by atoms with Gasteiger partial charge in [-0.15, -0.1) is 0 Å². The van der Waals surface area contributed by atoms with Crippen LogP contribution in [0.25, 0.3) is 0 Å². The zero-order valence-corrected chi connectivity index (χ0v) is 18.2. The molecule has 32 heavy (non-hydrogen) atoms. The summed E-state index contributed by atoms with van der Waals surface area (Å²) in [6.07, 6.45) is 0.426. The molecule has 3 unspecified atom stereocenters. The standard InChI is InChI=1S/C17H18FNO2.C9H11FO/c1-11-16(10-12-2-8-15(20)9-3-12)19(17(11)21)14-6-4-13(18)5-7-14;1-2-9(11)7-3-5-8(10)6-4-7/h2-9,11,16-17,20-21H,10H2,1H3;3-6,9,11H,2H2,1H3/t;9-/m.0/s1. The molecule has 3 aromatic carbocycles. The van der Waals surface area contributed by atoms with Crippen LogP contribution in [-0.4, -0.2) is 27.6 Å². The van der Waals surface area contributed by atoms with E-state index in [1.165, 1.54) is 24.3 Å². The maximum Gasteiger partial charge on any atom is 0.131 e. The Labute approximate surface area is 187 Å². The van der Waals surface area contributed by atoms with Gasteiger partial charge in [0.25, 0.3) is 0 Å². The lowest BCUT2D eigenvalue weighted by atomic mass is 9.83. The zero-order valence-electron chi connectivity index (χ0n) is 18.2. The number of anilines is 1. The molecule has 0 aromatic heterocycles. The number of aliphatic hydroxyl groups excluding tert-OH is 2. The van der Waals surface area contributed by atoms with Gasteiger partial charge in [0.15, 0.2) is 0 Å². The van der Waals surface area contributed by atoms with Crippen molar-refractivity contribution in [2.75, 3.05) is 4.90 Å². The summed E-state index contributed by atoms with van der Waals surface area (Å²) in [7, 11) is 0. The highest BCUT2D eigenvalue weighted by molar-refractivity contribution is 5.52. The third-order valence-electron chi connectivity index (χ3n) is 5.87. The Hall–Kier alpha value is -2.96. The van der Waals surface area contributed by atoms with Gasteiger partial charge in [0.2, 0.25) is 0 Å². The SMILES string of the molecule is CC1C(O)N(c2ccc(F)cc2)C1Cc1ccc(O)cc1.CC[C@H](O)c1ccc(F)cc1. The summed E-state index contributed by atoms with van der Waals surface area (Å²) in [5.74, 6) is -0.159. The summed E-state index contributed by atoms with van der Waals surface area (Å²) in [6, 6.07) is 19.4. The summed E-state index contributed by atoms with van der Waals surface area (Å²) in [6.45, 7) is 3.89. The average Bonchev–Trinajstić information content (AvgIpc) is 2.81. The number of rotatable bonds is 5. The van der Waals surface area contributed by atoms with E-state index < -0.39 is 12.3 Å². The minimum absolute atomic E-state index is 0.142. The van der Waals surface area contributed by atoms with Gasteiger partial charge in [-0.3, -0.25) is 0 Å². The quantitative estimate of drug-likeness (QED) is 0.510. The van der Waals surface area contributed by atoms with Crippen LogP contribution in [0.5, 0.6) is 5.75 Å². The summed E-state index contributed by atoms with van der Waals surface area (Å²) < 4.78 is 25.4. The molecular formula is C26H29F2NO3. The molecule has 3 N–H and O–H groups in total. The Kier molecular flexibility index (Phi) is 7.83. The Morgan fingerprint density at radius 3 is 1.94 bits per heavy atom. The summed E-state index contributed by atoms with van der Waals surface area (Å²) >= 11 is 0. The van der Waals surface area contributed by atoms with Crippen LogP contribution in [0.3, 0.4) is 0 Å². The Morgan fingerprint density at radius 2 is 1.41 bits per heavy atom. The Bertz CT molecular complexity index is 977. The number of phenols is 1. The van der Waals surface area contributed by atoms with Crippen molar-refractivity contribution in [1.82, 2.24) is 0 Å². The lowest BCUT2D eigenvalue weighted by Gasteiger charge is -2.53. The minimum Gasteiger partial charge on any atom is -0.508 e. The van der Waals surface area contributed by atoms with Crippen LogP contribution < -0.4 is 4.90 Å². The van der Waals surface area contributed by atoms with E-state index in [1.54, 1.807) is 36.4 Å². The molecule has 0 saturated carbocycles. The maximum atomic E-state index is 13.0. The van der Waals surface area contributed by atoms with Crippen LogP contribution in [0, 0.1) is 17.6 Å². The van der Waals surface area contributed by atoms with Gasteiger partial charge in [-0.25, -0.2) is 8.78 Å². The van der Waals surface area contributed by atoms with E-state index in [-0.39, 0.29) is 29.3 Å². The first-order valence-corrected chi connectivity index (χ1v) is 10.7. The monoisotopic (exact) mass is 441 g/mol. The number of aromatic hydroxyl groups is 1. The van der Waals surface area contributed by atoms with Crippen LogP contribution in [-0.2, 0) is 6.42 Å². The molecule has 1 aliphatic rings.